The molecular formula is C35H42ClN3O7. The summed E-state index contributed by atoms with van der Waals surface area (Å²) < 4.78 is 5.60. The van der Waals surface area contributed by atoms with E-state index in [9.17, 15) is 29.4 Å². The second-order valence-corrected chi connectivity index (χ2v) is 14.1. The Hall–Kier alpha value is -4.05. The van der Waals surface area contributed by atoms with Gasteiger partial charge in [0.15, 0.2) is 11.2 Å². The fourth-order valence-corrected chi connectivity index (χ4v) is 7.06. The maximum absolute atomic E-state index is 14.1. The molecule has 246 valence electrons. The molecule has 11 heteroatoms. The normalized spacial score (nSPS) is 17.8. The summed E-state index contributed by atoms with van der Waals surface area (Å²) in [6.45, 7) is 6.66. The number of nitrogens with zero attached hydrogens (tertiary/aromatic N) is 1. The van der Waals surface area contributed by atoms with Crippen LogP contribution >= 0.6 is 11.6 Å². The SMILES string of the molecule is CC(C)(C)NC(=O)C1(C2CCCCC2)CCN(C(=O)[C@@H](Cc2ccc(Cl)cc2)NC(=O)c2cc(=O)c3c(O)cc(O)cc3o2)CC1. The molecule has 0 unspecified atom stereocenters. The first kappa shape index (κ1) is 33.3. The Bertz CT molecular complexity index is 1660. The van der Waals surface area contributed by atoms with Crippen LogP contribution in [0.5, 0.6) is 11.5 Å². The quantitative estimate of drug-likeness (QED) is 0.271. The summed E-state index contributed by atoms with van der Waals surface area (Å²) in [5.74, 6) is -2.00. The van der Waals surface area contributed by atoms with Gasteiger partial charge in [-0.3, -0.25) is 19.2 Å². The predicted molar refractivity (Wildman–Crippen MR) is 175 cm³/mol. The van der Waals surface area contributed by atoms with Gasteiger partial charge in [0.2, 0.25) is 11.8 Å². The van der Waals surface area contributed by atoms with Gasteiger partial charge < -0.3 is 30.2 Å². The van der Waals surface area contributed by atoms with Crippen LogP contribution in [0.4, 0.5) is 0 Å². The highest BCUT2D eigenvalue weighted by Gasteiger charge is 2.49. The Morgan fingerprint density at radius 2 is 1.67 bits per heavy atom. The molecule has 4 N–H and O–H groups in total. The lowest BCUT2D eigenvalue weighted by molar-refractivity contribution is -0.147. The molecule has 1 saturated heterocycles. The minimum absolute atomic E-state index is 0.0495. The zero-order chi connectivity index (χ0) is 33.2. The fraction of sp³-hybridized carbons (Fsp3) is 0.486. The van der Waals surface area contributed by atoms with E-state index in [2.05, 4.69) is 10.6 Å². The molecule has 1 aliphatic carbocycles. The number of nitrogens with one attached hydrogen (secondary N) is 2. The van der Waals surface area contributed by atoms with Gasteiger partial charge in [0.25, 0.3) is 5.91 Å². The molecule has 1 aromatic heterocycles. The summed E-state index contributed by atoms with van der Waals surface area (Å²) in [4.78, 5) is 55.9. The second kappa shape index (κ2) is 13.4. The van der Waals surface area contributed by atoms with Crippen LogP contribution in [0.3, 0.4) is 0 Å². The summed E-state index contributed by atoms with van der Waals surface area (Å²) in [6, 6.07) is 9.03. The van der Waals surface area contributed by atoms with Crippen molar-refractivity contribution in [3.63, 3.8) is 0 Å². The first-order chi connectivity index (χ1) is 21.8. The summed E-state index contributed by atoms with van der Waals surface area (Å²) in [6.07, 6.45) is 6.55. The molecule has 2 aliphatic rings. The molecule has 2 heterocycles. The number of aromatic hydroxyl groups is 2. The van der Waals surface area contributed by atoms with E-state index in [0.29, 0.717) is 31.0 Å². The van der Waals surface area contributed by atoms with Crippen LogP contribution in [-0.2, 0) is 16.0 Å². The summed E-state index contributed by atoms with van der Waals surface area (Å²) in [5, 5.41) is 26.3. The molecule has 0 spiro atoms. The number of benzene rings is 2. The maximum atomic E-state index is 14.1. The number of carbonyl (C=O) groups is 3. The largest absolute Gasteiger partial charge is 0.508 e. The molecule has 1 saturated carbocycles. The van der Waals surface area contributed by atoms with Gasteiger partial charge in [-0.1, -0.05) is 43.0 Å². The summed E-state index contributed by atoms with van der Waals surface area (Å²) in [7, 11) is 0. The number of hydrogen-bond acceptors (Lipinski definition) is 7. The number of halogens is 1. The molecule has 0 bridgehead atoms. The van der Waals surface area contributed by atoms with Crippen molar-refractivity contribution >= 4 is 40.3 Å². The number of phenols is 2. The van der Waals surface area contributed by atoms with Crippen LogP contribution < -0.4 is 16.1 Å². The molecule has 46 heavy (non-hydrogen) atoms. The van der Waals surface area contributed by atoms with Crippen LogP contribution in [-0.4, -0.2) is 57.5 Å². The third-order valence-electron chi connectivity index (χ3n) is 9.27. The van der Waals surface area contributed by atoms with E-state index in [0.717, 1.165) is 49.4 Å². The highest BCUT2D eigenvalue weighted by atomic mass is 35.5. The first-order valence-electron chi connectivity index (χ1n) is 15.9. The Kier molecular flexibility index (Phi) is 9.67. The smallest absolute Gasteiger partial charge is 0.287 e. The van der Waals surface area contributed by atoms with E-state index in [4.69, 9.17) is 16.0 Å². The van der Waals surface area contributed by atoms with Crippen molar-refractivity contribution in [2.24, 2.45) is 11.3 Å². The summed E-state index contributed by atoms with van der Waals surface area (Å²) in [5.41, 5.74) is -1.02. The standard InChI is InChI=1S/C35H42ClN3O7/c1-34(2,3)38-33(45)35(22-7-5-4-6-8-22)13-15-39(16-14-35)32(44)25(17-21-9-11-23(36)12-10-21)37-31(43)29-20-27(42)30-26(41)18-24(40)19-28(30)46-29/h9-12,18-20,22,25,40-41H,4-8,13-17H2,1-3H3,(H,37,43)(H,38,45)/t25-/m1/s1. The minimum Gasteiger partial charge on any atom is -0.508 e. The zero-order valence-electron chi connectivity index (χ0n) is 26.5. The van der Waals surface area contributed by atoms with Gasteiger partial charge in [-0.15, -0.1) is 0 Å². The van der Waals surface area contributed by atoms with Gasteiger partial charge in [0, 0.05) is 48.3 Å². The number of carbonyl (C=O) groups excluding carboxylic acids is 3. The van der Waals surface area contributed by atoms with Crippen molar-refractivity contribution in [1.29, 1.82) is 0 Å². The topological polar surface area (TPSA) is 149 Å². The van der Waals surface area contributed by atoms with Crippen molar-refractivity contribution in [3.05, 3.63) is 69.0 Å². The van der Waals surface area contributed by atoms with E-state index < -0.39 is 28.5 Å². The number of fused-ring (bicyclic) bond motifs is 1. The molecule has 1 atom stereocenters. The number of amides is 3. The van der Waals surface area contributed by atoms with Crippen LogP contribution in [0.2, 0.25) is 5.02 Å². The van der Waals surface area contributed by atoms with E-state index in [1.807, 2.05) is 20.8 Å². The molecule has 3 amide bonds. The van der Waals surface area contributed by atoms with Crippen LogP contribution in [0.15, 0.2) is 51.7 Å². The van der Waals surface area contributed by atoms with Crippen molar-refractivity contribution in [2.75, 3.05) is 13.1 Å². The van der Waals surface area contributed by atoms with E-state index in [1.165, 1.54) is 6.42 Å². The number of phenolic OH excluding ortho intramolecular Hbond substituents is 2. The van der Waals surface area contributed by atoms with E-state index in [1.54, 1.807) is 29.2 Å². The molecule has 10 nitrogen and oxygen atoms in total. The molecule has 2 aromatic carbocycles. The van der Waals surface area contributed by atoms with Crippen LogP contribution in [0.25, 0.3) is 11.0 Å². The molecule has 2 fully saturated rings. The van der Waals surface area contributed by atoms with E-state index >= 15 is 0 Å². The van der Waals surface area contributed by atoms with Gasteiger partial charge in [-0.2, -0.15) is 0 Å². The minimum atomic E-state index is -1.02. The van der Waals surface area contributed by atoms with Crippen LogP contribution in [0.1, 0.15) is 81.8 Å². The Labute approximate surface area is 273 Å². The van der Waals surface area contributed by atoms with Gasteiger partial charge in [-0.25, -0.2) is 0 Å². The summed E-state index contributed by atoms with van der Waals surface area (Å²) >= 11 is 6.08. The van der Waals surface area contributed by atoms with Crippen molar-refractivity contribution in [3.8, 4) is 11.5 Å². The molecule has 5 rings (SSSR count). The number of rotatable bonds is 7. The van der Waals surface area contributed by atoms with Crippen LogP contribution in [0, 0.1) is 11.3 Å². The van der Waals surface area contributed by atoms with Crippen molar-refractivity contribution < 1.29 is 29.0 Å². The van der Waals surface area contributed by atoms with Gasteiger partial charge in [-0.05, 0) is 70.1 Å². The maximum Gasteiger partial charge on any atom is 0.287 e. The highest BCUT2D eigenvalue weighted by molar-refractivity contribution is 6.30. The lowest BCUT2D eigenvalue weighted by Crippen LogP contribution is -2.59. The average molecular weight is 652 g/mol. The fourth-order valence-electron chi connectivity index (χ4n) is 6.94. The number of hydrogen-bond donors (Lipinski definition) is 4. The molecule has 1 aliphatic heterocycles. The first-order valence-corrected chi connectivity index (χ1v) is 16.3. The number of likely N-dealkylation sites (tertiary alicyclic amines) is 1. The lowest BCUT2D eigenvalue weighted by Gasteiger charge is -2.48. The Morgan fingerprint density at radius 1 is 1.02 bits per heavy atom. The van der Waals surface area contributed by atoms with E-state index in [-0.39, 0.29) is 52.2 Å². The predicted octanol–water partition coefficient (Wildman–Crippen LogP) is 5.30. The van der Waals surface area contributed by atoms with Gasteiger partial charge >= 0.3 is 0 Å². The third kappa shape index (κ3) is 7.33. The monoisotopic (exact) mass is 651 g/mol. The molecule has 3 aromatic rings. The van der Waals surface area contributed by atoms with Gasteiger partial charge in [0.05, 0.1) is 5.41 Å². The van der Waals surface area contributed by atoms with Crippen molar-refractivity contribution in [1.82, 2.24) is 15.5 Å². The zero-order valence-corrected chi connectivity index (χ0v) is 27.3. The molecule has 0 radical (unpaired) electrons. The Morgan fingerprint density at radius 3 is 2.30 bits per heavy atom. The average Bonchev–Trinajstić information content (AvgIpc) is 3.00. The number of piperidine rings is 1. The molecular weight excluding hydrogens is 610 g/mol. The van der Waals surface area contributed by atoms with Gasteiger partial charge in [0.1, 0.15) is 28.5 Å². The Balaban J connectivity index is 1.39. The third-order valence-corrected chi connectivity index (χ3v) is 9.52. The van der Waals surface area contributed by atoms with Crippen molar-refractivity contribution in [2.45, 2.75) is 83.7 Å². The lowest BCUT2D eigenvalue weighted by atomic mass is 9.63. The highest BCUT2D eigenvalue weighted by Crippen LogP contribution is 2.46. The second-order valence-electron chi connectivity index (χ2n) is 13.7.